The highest BCUT2D eigenvalue weighted by Gasteiger charge is 2.41. The second-order valence-electron chi connectivity index (χ2n) is 7.90. The maximum atomic E-state index is 14.1. The number of Topliss-reactive ketones (excluding diaryl/α,β-unsaturated/α-hetero) is 1. The fraction of sp³-hybridized carbons (Fsp3) is 0.304. The van der Waals surface area contributed by atoms with E-state index in [4.69, 9.17) is 0 Å². The number of carbonyl (C=O) groups excluding carboxylic acids is 2. The van der Waals surface area contributed by atoms with Gasteiger partial charge < -0.3 is 25.3 Å². The van der Waals surface area contributed by atoms with E-state index in [2.05, 4.69) is 21.6 Å². The molecule has 0 radical (unpaired) electrons. The van der Waals surface area contributed by atoms with Crippen LogP contribution in [0, 0.1) is 5.82 Å². The van der Waals surface area contributed by atoms with Gasteiger partial charge in [0.15, 0.2) is 5.78 Å². The van der Waals surface area contributed by atoms with Gasteiger partial charge in [0.1, 0.15) is 17.2 Å². The number of hydrogen-bond acceptors (Lipinski definition) is 6. The molecule has 0 spiro atoms. The summed E-state index contributed by atoms with van der Waals surface area (Å²) in [7, 11) is 1.88. The van der Waals surface area contributed by atoms with Crippen LogP contribution in [0.25, 0.3) is 0 Å². The summed E-state index contributed by atoms with van der Waals surface area (Å²) in [6, 6.07) is 12.1. The average Bonchev–Trinajstić information content (AvgIpc) is 3.08. The van der Waals surface area contributed by atoms with E-state index >= 15 is 0 Å². The smallest absolute Gasteiger partial charge is 0.263 e. The minimum absolute atomic E-state index is 0.0604. The summed E-state index contributed by atoms with van der Waals surface area (Å²) < 4.78 is 14.1. The number of anilines is 4. The number of amides is 1. The van der Waals surface area contributed by atoms with Crippen molar-refractivity contribution in [1.29, 1.82) is 0 Å². The summed E-state index contributed by atoms with van der Waals surface area (Å²) in [6.45, 7) is 4.11. The molecule has 0 bridgehead atoms. The Morgan fingerprint density at radius 3 is 2.55 bits per heavy atom. The van der Waals surface area contributed by atoms with Crippen LogP contribution in [0.4, 0.5) is 27.1 Å². The lowest BCUT2D eigenvalue weighted by molar-refractivity contribution is -0.120. The maximum absolute atomic E-state index is 14.1. The number of benzene rings is 2. The van der Waals surface area contributed by atoms with Gasteiger partial charge in [-0.1, -0.05) is 18.2 Å². The third kappa shape index (κ3) is 3.23. The Balaban J connectivity index is 1.56. The van der Waals surface area contributed by atoms with Crippen molar-refractivity contribution in [3.05, 3.63) is 59.7 Å². The minimum Gasteiger partial charge on any atom is -0.367 e. The number of halogens is 1. The van der Waals surface area contributed by atoms with Crippen molar-refractivity contribution in [2.45, 2.75) is 6.42 Å². The lowest BCUT2D eigenvalue weighted by atomic mass is 10.0. The van der Waals surface area contributed by atoms with Gasteiger partial charge in [-0.2, -0.15) is 0 Å². The van der Waals surface area contributed by atoms with Gasteiger partial charge in [0, 0.05) is 46.2 Å². The molecule has 1 saturated heterocycles. The Morgan fingerprint density at radius 1 is 1.03 bits per heavy atom. The molecule has 2 N–H and O–H groups in total. The van der Waals surface area contributed by atoms with E-state index in [0.29, 0.717) is 12.4 Å². The normalized spacial score (nSPS) is 18.3. The van der Waals surface area contributed by atoms with Crippen molar-refractivity contribution >= 4 is 34.4 Å². The predicted octanol–water partition coefficient (Wildman–Crippen LogP) is 2.31. The second-order valence-corrected chi connectivity index (χ2v) is 7.90. The quantitative estimate of drug-likeness (QED) is 0.742. The highest BCUT2D eigenvalue weighted by molar-refractivity contribution is 6.26. The van der Waals surface area contributed by atoms with Gasteiger partial charge >= 0.3 is 0 Å². The SMILES string of the molecule is CN1C2=C(C(=O)Nc3ccccc3F)C(=O)CCN2c2cccc(N3CCNCC3)c21. The molecule has 31 heavy (non-hydrogen) atoms. The molecule has 2 aromatic carbocycles. The fourth-order valence-corrected chi connectivity index (χ4v) is 4.61. The zero-order valence-corrected chi connectivity index (χ0v) is 17.3. The molecular weight excluding hydrogens is 397 g/mol. The van der Waals surface area contributed by atoms with Gasteiger partial charge in [-0.05, 0) is 24.3 Å². The Hall–Kier alpha value is -3.39. The molecule has 0 unspecified atom stereocenters. The summed E-state index contributed by atoms with van der Waals surface area (Å²) in [4.78, 5) is 32.3. The molecule has 1 fully saturated rings. The van der Waals surface area contributed by atoms with Crippen molar-refractivity contribution in [1.82, 2.24) is 5.32 Å². The number of carbonyl (C=O) groups is 2. The van der Waals surface area contributed by atoms with Gasteiger partial charge in [-0.25, -0.2) is 4.39 Å². The number of nitrogens with one attached hydrogen (secondary N) is 2. The van der Waals surface area contributed by atoms with Crippen LogP contribution in [0.3, 0.4) is 0 Å². The Kier molecular flexibility index (Phi) is 4.86. The van der Waals surface area contributed by atoms with Gasteiger partial charge in [-0.3, -0.25) is 9.59 Å². The first-order valence-corrected chi connectivity index (χ1v) is 10.5. The van der Waals surface area contributed by atoms with Crippen LogP contribution in [-0.4, -0.2) is 51.5 Å². The summed E-state index contributed by atoms with van der Waals surface area (Å²) in [5.41, 5.74) is 3.19. The molecule has 0 aliphatic carbocycles. The number of hydrogen-bond donors (Lipinski definition) is 2. The molecule has 0 atom stereocenters. The zero-order chi connectivity index (χ0) is 21.5. The van der Waals surface area contributed by atoms with E-state index in [1.165, 1.54) is 12.1 Å². The summed E-state index contributed by atoms with van der Waals surface area (Å²) in [5, 5.41) is 5.95. The molecule has 1 amide bonds. The summed E-state index contributed by atoms with van der Waals surface area (Å²) >= 11 is 0. The van der Waals surface area contributed by atoms with Crippen molar-refractivity contribution in [2.75, 3.05) is 59.8 Å². The van der Waals surface area contributed by atoms with E-state index in [0.717, 1.165) is 43.2 Å². The fourth-order valence-electron chi connectivity index (χ4n) is 4.61. The van der Waals surface area contributed by atoms with Crippen molar-refractivity contribution < 1.29 is 14.0 Å². The molecule has 3 aliphatic heterocycles. The Morgan fingerprint density at radius 2 is 1.77 bits per heavy atom. The third-order valence-electron chi connectivity index (χ3n) is 6.06. The average molecular weight is 421 g/mol. The van der Waals surface area contributed by atoms with Crippen LogP contribution in [0.5, 0.6) is 0 Å². The number of fused-ring (bicyclic) bond motifs is 3. The van der Waals surface area contributed by atoms with Gasteiger partial charge in [0.25, 0.3) is 5.91 Å². The van der Waals surface area contributed by atoms with Crippen molar-refractivity contribution in [2.24, 2.45) is 0 Å². The summed E-state index contributed by atoms with van der Waals surface area (Å²) in [6.07, 6.45) is 0.231. The highest BCUT2D eigenvalue weighted by Crippen LogP contribution is 2.49. The van der Waals surface area contributed by atoms with Gasteiger partial charge in [-0.15, -0.1) is 0 Å². The largest absolute Gasteiger partial charge is 0.367 e. The molecule has 3 aliphatic rings. The number of ketones is 1. The summed E-state index contributed by atoms with van der Waals surface area (Å²) in [5.74, 6) is -0.796. The molecule has 0 saturated carbocycles. The molecular formula is C23H24FN5O2. The minimum atomic E-state index is -0.585. The van der Waals surface area contributed by atoms with Crippen LogP contribution in [-0.2, 0) is 9.59 Å². The zero-order valence-electron chi connectivity index (χ0n) is 17.3. The number of nitrogens with zero attached hydrogens (tertiary/aromatic N) is 3. The lowest BCUT2D eigenvalue weighted by Crippen LogP contribution is -2.44. The van der Waals surface area contributed by atoms with Crippen LogP contribution < -0.4 is 25.3 Å². The lowest BCUT2D eigenvalue weighted by Gasteiger charge is -2.32. The van der Waals surface area contributed by atoms with Crippen LogP contribution in [0.2, 0.25) is 0 Å². The van der Waals surface area contributed by atoms with Crippen LogP contribution in [0.15, 0.2) is 53.9 Å². The molecule has 2 aromatic rings. The predicted molar refractivity (Wildman–Crippen MR) is 119 cm³/mol. The standard InChI is InChI=1S/C23H24FN5O2/c1-27-21-17(28-13-10-25-11-14-28)7-4-8-18(21)29-12-9-19(30)20(23(27)29)22(31)26-16-6-3-2-5-15(16)24/h2-8,25H,9-14H2,1H3,(H,26,31). The second kappa shape index (κ2) is 7.70. The molecule has 3 heterocycles. The molecule has 7 nitrogen and oxygen atoms in total. The maximum Gasteiger partial charge on any atom is 0.263 e. The molecule has 8 heteroatoms. The topological polar surface area (TPSA) is 67.9 Å². The van der Waals surface area contributed by atoms with E-state index in [-0.39, 0.29) is 23.5 Å². The van der Waals surface area contributed by atoms with Gasteiger partial charge in [0.2, 0.25) is 0 Å². The molecule has 5 rings (SSSR count). The monoisotopic (exact) mass is 421 g/mol. The van der Waals surface area contributed by atoms with E-state index in [1.54, 1.807) is 12.1 Å². The number of piperazine rings is 1. The number of para-hydroxylation sites is 2. The first-order chi connectivity index (χ1) is 15.1. The van der Waals surface area contributed by atoms with Crippen molar-refractivity contribution in [3.63, 3.8) is 0 Å². The Labute approximate surface area is 180 Å². The third-order valence-corrected chi connectivity index (χ3v) is 6.06. The van der Waals surface area contributed by atoms with E-state index < -0.39 is 11.7 Å². The first kappa shape index (κ1) is 19.6. The van der Waals surface area contributed by atoms with E-state index in [9.17, 15) is 14.0 Å². The first-order valence-electron chi connectivity index (χ1n) is 10.5. The molecule has 0 aromatic heterocycles. The van der Waals surface area contributed by atoms with Crippen molar-refractivity contribution in [3.8, 4) is 0 Å². The van der Waals surface area contributed by atoms with Crippen LogP contribution >= 0.6 is 0 Å². The van der Waals surface area contributed by atoms with Crippen LogP contribution in [0.1, 0.15) is 6.42 Å². The molecule has 160 valence electrons. The van der Waals surface area contributed by atoms with E-state index in [1.807, 2.05) is 29.0 Å². The Bertz CT molecular complexity index is 1090. The highest BCUT2D eigenvalue weighted by atomic mass is 19.1. The number of rotatable bonds is 3. The van der Waals surface area contributed by atoms with Gasteiger partial charge in [0.05, 0.1) is 22.7 Å².